The SMILES string of the molecule is CC(=O)c1c(C)c2cnc(Nc3ccc(N4CCC(N(C)C)C4)cn3)nc2n2cc(C(C)C)nc12. The number of fused-ring (bicyclic) bond motifs is 3. The van der Waals surface area contributed by atoms with Gasteiger partial charge in [0.15, 0.2) is 11.4 Å². The van der Waals surface area contributed by atoms with Gasteiger partial charge in [-0.1, -0.05) is 13.8 Å². The van der Waals surface area contributed by atoms with Crippen LogP contribution in [-0.4, -0.2) is 68.2 Å². The Labute approximate surface area is 205 Å². The van der Waals surface area contributed by atoms with Gasteiger partial charge < -0.3 is 15.1 Å². The minimum absolute atomic E-state index is 0.0169. The molecule has 5 rings (SSSR count). The molecule has 4 aromatic heterocycles. The Kier molecular flexibility index (Phi) is 5.88. The molecule has 9 heteroatoms. The molecule has 1 aliphatic heterocycles. The molecule has 0 aliphatic carbocycles. The quantitative estimate of drug-likeness (QED) is 0.418. The summed E-state index contributed by atoms with van der Waals surface area (Å²) in [4.78, 5) is 35.8. The van der Waals surface area contributed by atoms with Crippen LogP contribution in [-0.2, 0) is 0 Å². The molecule has 4 aromatic rings. The van der Waals surface area contributed by atoms with Gasteiger partial charge in [-0.25, -0.2) is 15.0 Å². The molecule has 0 aromatic carbocycles. The lowest BCUT2D eigenvalue weighted by atomic mass is 10.0. The van der Waals surface area contributed by atoms with Gasteiger partial charge in [-0.05, 0) is 58.0 Å². The van der Waals surface area contributed by atoms with Crippen LogP contribution in [0.5, 0.6) is 0 Å². The summed E-state index contributed by atoms with van der Waals surface area (Å²) in [5.74, 6) is 1.34. The summed E-state index contributed by atoms with van der Waals surface area (Å²) in [6, 6.07) is 4.61. The number of Topliss-reactive ketones (excluding diaryl/α,β-unsaturated/α-hetero) is 1. The van der Waals surface area contributed by atoms with E-state index in [1.807, 2.05) is 29.8 Å². The zero-order valence-electron chi connectivity index (χ0n) is 21.2. The second-order valence-electron chi connectivity index (χ2n) is 9.88. The van der Waals surface area contributed by atoms with Gasteiger partial charge in [-0.2, -0.15) is 4.98 Å². The maximum atomic E-state index is 12.5. The highest BCUT2D eigenvalue weighted by Gasteiger charge is 2.24. The van der Waals surface area contributed by atoms with Crippen LogP contribution in [0.3, 0.4) is 0 Å². The van der Waals surface area contributed by atoms with Gasteiger partial charge in [-0.3, -0.25) is 9.20 Å². The summed E-state index contributed by atoms with van der Waals surface area (Å²) < 4.78 is 1.91. The van der Waals surface area contributed by atoms with Crippen molar-refractivity contribution in [2.24, 2.45) is 0 Å². The monoisotopic (exact) mass is 472 g/mol. The molecule has 9 nitrogen and oxygen atoms in total. The average molecular weight is 473 g/mol. The number of aromatic nitrogens is 5. The predicted octanol–water partition coefficient (Wildman–Crippen LogP) is 4.19. The highest BCUT2D eigenvalue weighted by Crippen LogP contribution is 2.28. The third-order valence-electron chi connectivity index (χ3n) is 6.91. The number of ketones is 1. The molecule has 1 unspecified atom stereocenters. The first-order valence-electron chi connectivity index (χ1n) is 12.1. The van der Waals surface area contributed by atoms with Crippen LogP contribution in [0.1, 0.15) is 54.7 Å². The van der Waals surface area contributed by atoms with Gasteiger partial charge in [0, 0.05) is 36.9 Å². The summed E-state index contributed by atoms with van der Waals surface area (Å²) in [6.45, 7) is 9.72. The summed E-state index contributed by atoms with van der Waals surface area (Å²) in [5, 5.41) is 4.06. The molecule has 1 aliphatic rings. The second-order valence-corrected chi connectivity index (χ2v) is 9.88. The number of hydrogen-bond donors (Lipinski definition) is 1. The molecule has 0 spiro atoms. The first-order chi connectivity index (χ1) is 16.7. The summed E-state index contributed by atoms with van der Waals surface area (Å²) in [5.41, 5.74) is 4.85. The van der Waals surface area contributed by atoms with Crippen LogP contribution in [0.15, 0.2) is 30.7 Å². The fourth-order valence-corrected chi connectivity index (χ4v) is 4.78. The molecule has 1 fully saturated rings. The van der Waals surface area contributed by atoms with Crippen molar-refractivity contribution in [3.05, 3.63) is 47.5 Å². The van der Waals surface area contributed by atoms with E-state index in [2.05, 4.69) is 59.1 Å². The van der Waals surface area contributed by atoms with Gasteiger partial charge in [0.2, 0.25) is 5.95 Å². The van der Waals surface area contributed by atoms with Crippen LogP contribution < -0.4 is 10.2 Å². The number of nitrogens with zero attached hydrogens (tertiary/aromatic N) is 7. The topological polar surface area (TPSA) is 91.5 Å². The lowest BCUT2D eigenvalue weighted by Gasteiger charge is -2.21. The van der Waals surface area contributed by atoms with E-state index in [4.69, 9.17) is 9.97 Å². The van der Waals surface area contributed by atoms with Crippen LogP contribution in [0.4, 0.5) is 17.5 Å². The normalized spacial score (nSPS) is 16.2. The highest BCUT2D eigenvalue weighted by atomic mass is 16.1. The largest absolute Gasteiger partial charge is 0.369 e. The minimum atomic E-state index is -0.0169. The predicted molar refractivity (Wildman–Crippen MR) is 139 cm³/mol. The molecule has 182 valence electrons. The van der Waals surface area contributed by atoms with Crippen LogP contribution in [0.2, 0.25) is 0 Å². The maximum absolute atomic E-state index is 12.5. The summed E-state index contributed by atoms with van der Waals surface area (Å²) >= 11 is 0. The Hall–Kier alpha value is -3.59. The van der Waals surface area contributed by atoms with Crippen LogP contribution >= 0.6 is 0 Å². The van der Waals surface area contributed by atoms with E-state index in [0.717, 1.165) is 41.8 Å². The lowest BCUT2D eigenvalue weighted by Crippen LogP contribution is -2.31. The fraction of sp³-hybridized carbons (Fsp3) is 0.423. The van der Waals surface area contributed by atoms with Crippen molar-refractivity contribution in [1.82, 2.24) is 29.2 Å². The third-order valence-corrected chi connectivity index (χ3v) is 6.91. The smallest absolute Gasteiger partial charge is 0.230 e. The summed E-state index contributed by atoms with van der Waals surface area (Å²) in [6.07, 6.45) is 6.79. The fourth-order valence-electron chi connectivity index (χ4n) is 4.78. The Morgan fingerprint density at radius 3 is 2.57 bits per heavy atom. The van der Waals surface area contributed by atoms with E-state index in [1.54, 1.807) is 13.1 Å². The number of nitrogens with one attached hydrogen (secondary N) is 1. The van der Waals surface area contributed by atoms with Crippen molar-refractivity contribution in [1.29, 1.82) is 0 Å². The van der Waals surface area contributed by atoms with E-state index in [0.29, 0.717) is 34.7 Å². The van der Waals surface area contributed by atoms with Gasteiger partial charge >= 0.3 is 0 Å². The zero-order valence-corrected chi connectivity index (χ0v) is 21.2. The van der Waals surface area contributed by atoms with E-state index < -0.39 is 0 Å². The second kappa shape index (κ2) is 8.88. The van der Waals surface area contributed by atoms with Crippen molar-refractivity contribution in [3.63, 3.8) is 0 Å². The number of carbonyl (C=O) groups excluding carboxylic acids is 1. The van der Waals surface area contributed by atoms with Crippen molar-refractivity contribution in [2.45, 2.75) is 46.1 Å². The minimum Gasteiger partial charge on any atom is -0.369 e. The Morgan fingerprint density at radius 2 is 1.94 bits per heavy atom. The van der Waals surface area contributed by atoms with E-state index in [-0.39, 0.29) is 11.7 Å². The number of pyridine rings is 2. The van der Waals surface area contributed by atoms with Gasteiger partial charge in [-0.15, -0.1) is 0 Å². The van der Waals surface area contributed by atoms with Crippen molar-refractivity contribution in [3.8, 4) is 0 Å². The number of hydrogen-bond acceptors (Lipinski definition) is 8. The number of anilines is 3. The summed E-state index contributed by atoms with van der Waals surface area (Å²) in [7, 11) is 4.26. The maximum Gasteiger partial charge on any atom is 0.230 e. The Balaban J connectivity index is 1.47. The van der Waals surface area contributed by atoms with Crippen molar-refractivity contribution >= 4 is 39.9 Å². The third kappa shape index (κ3) is 4.20. The molecule has 1 atom stereocenters. The van der Waals surface area contributed by atoms with E-state index >= 15 is 0 Å². The lowest BCUT2D eigenvalue weighted by molar-refractivity contribution is 0.101. The molecule has 5 heterocycles. The van der Waals surface area contributed by atoms with Crippen molar-refractivity contribution < 1.29 is 4.79 Å². The molecule has 0 radical (unpaired) electrons. The molecular weight excluding hydrogens is 440 g/mol. The number of rotatable bonds is 6. The number of carbonyl (C=O) groups is 1. The van der Waals surface area contributed by atoms with E-state index in [1.165, 1.54) is 0 Å². The van der Waals surface area contributed by atoms with Crippen LogP contribution in [0, 0.1) is 6.92 Å². The average Bonchev–Trinajstić information content (AvgIpc) is 3.48. The molecule has 1 saturated heterocycles. The van der Waals surface area contributed by atoms with Gasteiger partial charge in [0.1, 0.15) is 11.5 Å². The highest BCUT2D eigenvalue weighted by molar-refractivity contribution is 6.05. The molecule has 0 bridgehead atoms. The van der Waals surface area contributed by atoms with Crippen LogP contribution in [0.25, 0.3) is 16.7 Å². The van der Waals surface area contributed by atoms with E-state index in [9.17, 15) is 4.79 Å². The molecular formula is C26H32N8O. The standard InChI is InChI=1S/C26H32N8O/c1-15(2)21-14-34-24-20(16(3)23(17(4)35)25(34)29-21)12-28-26(31-24)30-22-8-7-18(11-27-22)33-10-9-19(13-33)32(5)6/h7-8,11-12,14-15,19H,9-10,13H2,1-6H3,(H,27,28,30,31). The zero-order chi connectivity index (χ0) is 24.9. The number of imidazole rings is 1. The first kappa shape index (κ1) is 23.2. The number of likely N-dealkylation sites (N-methyl/N-ethyl adjacent to an activating group) is 1. The van der Waals surface area contributed by atoms with Gasteiger partial charge in [0.05, 0.1) is 23.1 Å². The molecule has 0 amide bonds. The first-order valence-corrected chi connectivity index (χ1v) is 12.1. The number of aryl methyl sites for hydroxylation is 1. The molecule has 35 heavy (non-hydrogen) atoms. The Bertz CT molecular complexity index is 1410. The van der Waals surface area contributed by atoms with Gasteiger partial charge in [0.25, 0.3) is 0 Å². The molecule has 1 N–H and O–H groups in total. The Morgan fingerprint density at radius 1 is 1.14 bits per heavy atom. The van der Waals surface area contributed by atoms with Crippen molar-refractivity contribution in [2.75, 3.05) is 37.4 Å². The molecule has 0 saturated carbocycles.